The maximum Gasteiger partial charge on any atom is 0.242 e. The highest BCUT2D eigenvalue weighted by Crippen LogP contribution is 2.19. The van der Waals surface area contributed by atoms with Crippen LogP contribution < -0.4 is 5.73 Å². The molecule has 126 valence electrons. The third-order valence-electron chi connectivity index (χ3n) is 4.94. The fourth-order valence-corrected chi connectivity index (χ4v) is 3.55. The first-order chi connectivity index (χ1) is 10.4. The Balaban J connectivity index is 1.87. The molecular formula is C16H30N4O2. The fraction of sp³-hybridized carbons (Fsp3) is 0.875. The van der Waals surface area contributed by atoms with Crippen LogP contribution in [0.25, 0.3) is 0 Å². The predicted octanol–water partition coefficient (Wildman–Crippen LogP) is 0.269. The third kappa shape index (κ3) is 3.60. The van der Waals surface area contributed by atoms with Crippen molar-refractivity contribution in [3.05, 3.63) is 0 Å². The van der Waals surface area contributed by atoms with Gasteiger partial charge in [-0.1, -0.05) is 13.3 Å². The van der Waals surface area contributed by atoms with E-state index in [0.29, 0.717) is 32.6 Å². The second kappa shape index (κ2) is 6.96. The molecule has 2 rings (SSSR count). The highest BCUT2D eigenvalue weighted by atomic mass is 16.2. The number of nitrogens with two attached hydrogens (primary N) is 1. The molecule has 2 aliphatic rings. The molecule has 0 aromatic rings. The van der Waals surface area contributed by atoms with E-state index >= 15 is 0 Å². The molecule has 2 atom stereocenters. The summed E-state index contributed by atoms with van der Waals surface area (Å²) in [6.45, 7) is 7.28. The summed E-state index contributed by atoms with van der Waals surface area (Å²) in [4.78, 5) is 30.9. The lowest BCUT2D eigenvalue weighted by atomic mass is 9.95. The van der Waals surface area contributed by atoms with Gasteiger partial charge < -0.3 is 15.5 Å². The normalized spacial score (nSPS) is 26.1. The highest BCUT2D eigenvalue weighted by molar-refractivity contribution is 5.86. The van der Waals surface area contributed by atoms with Gasteiger partial charge >= 0.3 is 0 Å². The van der Waals surface area contributed by atoms with E-state index in [2.05, 4.69) is 4.90 Å². The first kappa shape index (κ1) is 17.2. The number of likely N-dealkylation sites (N-methyl/N-ethyl adjacent to an activating group) is 1. The molecule has 2 heterocycles. The van der Waals surface area contributed by atoms with Gasteiger partial charge in [-0.25, -0.2) is 0 Å². The number of nitrogens with zero attached hydrogens (tertiary/aromatic N) is 3. The van der Waals surface area contributed by atoms with Crippen LogP contribution in [0.4, 0.5) is 0 Å². The van der Waals surface area contributed by atoms with Crippen LogP contribution in [0.1, 0.15) is 39.5 Å². The van der Waals surface area contributed by atoms with Crippen molar-refractivity contribution in [2.75, 3.05) is 39.8 Å². The number of hydrogen-bond acceptors (Lipinski definition) is 4. The monoisotopic (exact) mass is 310 g/mol. The summed E-state index contributed by atoms with van der Waals surface area (Å²) in [5.41, 5.74) is 5.35. The molecule has 0 aromatic heterocycles. The Labute approximate surface area is 133 Å². The number of likely N-dealkylation sites (tertiary alicyclic amines) is 1. The molecule has 2 saturated heterocycles. The minimum Gasteiger partial charge on any atom is -0.338 e. The van der Waals surface area contributed by atoms with Crippen molar-refractivity contribution in [2.45, 2.75) is 51.1 Å². The van der Waals surface area contributed by atoms with Crippen molar-refractivity contribution in [3.8, 4) is 0 Å². The van der Waals surface area contributed by atoms with Crippen molar-refractivity contribution < 1.29 is 9.59 Å². The summed E-state index contributed by atoms with van der Waals surface area (Å²) >= 11 is 0. The van der Waals surface area contributed by atoms with Gasteiger partial charge in [-0.05, 0) is 39.8 Å². The van der Waals surface area contributed by atoms with Crippen LogP contribution in [-0.4, -0.2) is 77.9 Å². The molecule has 0 saturated carbocycles. The zero-order chi connectivity index (χ0) is 16.3. The lowest BCUT2D eigenvalue weighted by molar-refractivity contribution is -0.144. The fourth-order valence-electron chi connectivity index (χ4n) is 3.55. The summed E-state index contributed by atoms with van der Waals surface area (Å²) in [7, 11) is 2.01. The Morgan fingerprint density at radius 2 is 1.73 bits per heavy atom. The first-order valence-electron chi connectivity index (χ1n) is 8.44. The topological polar surface area (TPSA) is 69.9 Å². The Morgan fingerprint density at radius 1 is 1.14 bits per heavy atom. The van der Waals surface area contributed by atoms with Crippen LogP contribution in [0.3, 0.4) is 0 Å². The van der Waals surface area contributed by atoms with E-state index in [0.717, 1.165) is 25.8 Å². The standard InChI is InChI=1S/C16H30N4O2/c1-4-7-16(2,17)15(22)20-11-9-19(10-12-20)14(21)13-6-5-8-18(13)3/h13H,4-12,17H2,1-3H3. The van der Waals surface area contributed by atoms with Crippen molar-refractivity contribution in [1.82, 2.24) is 14.7 Å². The minimum absolute atomic E-state index is 0.0134. The van der Waals surface area contributed by atoms with Gasteiger partial charge in [0.1, 0.15) is 0 Å². The van der Waals surface area contributed by atoms with E-state index < -0.39 is 5.54 Å². The number of hydrogen-bond donors (Lipinski definition) is 1. The van der Waals surface area contributed by atoms with Gasteiger partial charge in [0.05, 0.1) is 11.6 Å². The number of piperazine rings is 1. The van der Waals surface area contributed by atoms with Gasteiger partial charge in [-0.3, -0.25) is 14.5 Å². The van der Waals surface area contributed by atoms with Crippen LogP contribution in [-0.2, 0) is 9.59 Å². The molecule has 0 aliphatic carbocycles. The van der Waals surface area contributed by atoms with Crippen LogP contribution in [0, 0.1) is 0 Å². The van der Waals surface area contributed by atoms with Crippen LogP contribution in [0.15, 0.2) is 0 Å². The summed E-state index contributed by atoms with van der Waals surface area (Å²) in [5, 5.41) is 0. The summed E-state index contributed by atoms with van der Waals surface area (Å²) < 4.78 is 0. The second-order valence-electron chi connectivity index (χ2n) is 6.92. The van der Waals surface area contributed by atoms with E-state index in [4.69, 9.17) is 5.73 Å². The van der Waals surface area contributed by atoms with Crippen LogP contribution in [0.2, 0.25) is 0 Å². The minimum atomic E-state index is -0.785. The zero-order valence-electron chi connectivity index (χ0n) is 14.2. The van der Waals surface area contributed by atoms with Crippen molar-refractivity contribution in [2.24, 2.45) is 5.73 Å². The number of carbonyl (C=O) groups excluding carboxylic acids is 2. The summed E-state index contributed by atoms with van der Waals surface area (Å²) in [6.07, 6.45) is 3.63. The molecule has 0 aromatic carbocycles. The average Bonchev–Trinajstić information content (AvgIpc) is 2.92. The second-order valence-corrected chi connectivity index (χ2v) is 6.92. The summed E-state index contributed by atoms with van der Waals surface area (Å²) in [6, 6.07) is 0.0297. The SMILES string of the molecule is CCCC(C)(N)C(=O)N1CCN(C(=O)C2CCCN2C)CC1. The van der Waals surface area contributed by atoms with Crippen LogP contribution >= 0.6 is 0 Å². The Morgan fingerprint density at radius 3 is 2.23 bits per heavy atom. The average molecular weight is 310 g/mol. The molecule has 0 spiro atoms. The molecular weight excluding hydrogens is 280 g/mol. The Kier molecular flexibility index (Phi) is 5.45. The van der Waals surface area contributed by atoms with E-state index in [-0.39, 0.29) is 17.9 Å². The molecule has 2 aliphatic heterocycles. The van der Waals surface area contributed by atoms with E-state index in [9.17, 15) is 9.59 Å². The van der Waals surface area contributed by atoms with Gasteiger partial charge in [0, 0.05) is 26.2 Å². The molecule has 0 bridgehead atoms. The van der Waals surface area contributed by atoms with Crippen molar-refractivity contribution in [3.63, 3.8) is 0 Å². The number of rotatable bonds is 4. The van der Waals surface area contributed by atoms with Gasteiger partial charge in [-0.2, -0.15) is 0 Å². The Bertz CT molecular complexity index is 416. The van der Waals surface area contributed by atoms with Crippen LogP contribution in [0.5, 0.6) is 0 Å². The maximum absolute atomic E-state index is 12.5. The molecule has 0 radical (unpaired) electrons. The first-order valence-corrected chi connectivity index (χ1v) is 8.44. The lowest BCUT2D eigenvalue weighted by Gasteiger charge is -2.39. The molecule has 6 heteroatoms. The van der Waals surface area contributed by atoms with Gasteiger partial charge in [-0.15, -0.1) is 0 Å². The highest BCUT2D eigenvalue weighted by Gasteiger charge is 2.36. The molecule has 2 N–H and O–H groups in total. The maximum atomic E-state index is 12.5. The molecule has 6 nitrogen and oxygen atoms in total. The van der Waals surface area contributed by atoms with E-state index in [1.807, 2.05) is 30.7 Å². The third-order valence-corrected chi connectivity index (χ3v) is 4.94. The van der Waals surface area contributed by atoms with Crippen molar-refractivity contribution >= 4 is 11.8 Å². The van der Waals surface area contributed by atoms with Gasteiger partial charge in [0.2, 0.25) is 11.8 Å². The summed E-state index contributed by atoms with van der Waals surface area (Å²) in [5.74, 6) is 0.232. The number of carbonyl (C=O) groups is 2. The smallest absolute Gasteiger partial charge is 0.242 e. The molecule has 2 amide bonds. The van der Waals surface area contributed by atoms with E-state index in [1.165, 1.54) is 0 Å². The Hall–Kier alpha value is -1.14. The largest absolute Gasteiger partial charge is 0.338 e. The zero-order valence-corrected chi connectivity index (χ0v) is 14.2. The van der Waals surface area contributed by atoms with Gasteiger partial charge in [0.25, 0.3) is 0 Å². The molecule has 22 heavy (non-hydrogen) atoms. The quantitative estimate of drug-likeness (QED) is 0.809. The number of amides is 2. The van der Waals surface area contributed by atoms with Crippen molar-refractivity contribution in [1.29, 1.82) is 0 Å². The predicted molar refractivity (Wildman–Crippen MR) is 86.3 cm³/mol. The van der Waals surface area contributed by atoms with Gasteiger partial charge in [0.15, 0.2) is 0 Å². The molecule has 2 unspecified atom stereocenters. The molecule has 2 fully saturated rings. The lowest BCUT2D eigenvalue weighted by Crippen LogP contribution is -2.60. The van der Waals surface area contributed by atoms with E-state index in [1.54, 1.807) is 0 Å².